The van der Waals surface area contributed by atoms with Crippen molar-refractivity contribution in [1.82, 2.24) is 19.7 Å². The number of pyridine rings is 2. The topological polar surface area (TPSA) is 62.5 Å². The summed E-state index contributed by atoms with van der Waals surface area (Å²) in [4.78, 5) is 23.7. The van der Waals surface area contributed by atoms with Crippen LogP contribution in [0.15, 0.2) is 48.9 Å². The van der Waals surface area contributed by atoms with Crippen molar-refractivity contribution in [2.75, 3.05) is 24.5 Å². The minimum absolute atomic E-state index is 0.0455. The van der Waals surface area contributed by atoms with Crippen LogP contribution in [0, 0.1) is 12.8 Å². The molecule has 0 saturated carbocycles. The number of hydrogen-bond acceptors (Lipinski definition) is 4. The Morgan fingerprint density at radius 2 is 2.08 bits per heavy atom. The van der Waals surface area contributed by atoms with Gasteiger partial charge in [-0.2, -0.15) is 0 Å². The third-order valence-corrected chi connectivity index (χ3v) is 5.10. The Hall–Kier alpha value is -2.89. The number of aromatic nitrogens is 3. The van der Waals surface area contributed by atoms with E-state index in [0.717, 1.165) is 37.3 Å². The van der Waals surface area contributed by atoms with Gasteiger partial charge in [-0.3, -0.25) is 14.2 Å². The maximum atomic E-state index is 12.7. The highest BCUT2D eigenvalue weighted by Crippen LogP contribution is 2.22. The van der Waals surface area contributed by atoms with Crippen molar-refractivity contribution in [1.29, 1.82) is 0 Å². The van der Waals surface area contributed by atoms with Gasteiger partial charge in [-0.1, -0.05) is 6.07 Å². The molecule has 0 atom stereocenters. The number of nitrogens with one attached hydrogen (secondary N) is 1. The molecule has 6 heteroatoms. The van der Waals surface area contributed by atoms with Crippen LogP contribution in [0.25, 0.3) is 5.65 Å². The number of anilines is 1. The van der Waals surface area contributed by atoms with E-state index in [-0.39, 0.29) is 5.91 Å². The number of carbonyl (C=O) groups is 1. The van der Waals surface area contributed by atoms with Gasteiger partial charge in [0.25, 0.3) is 5.91 Å². The molecule has 0 aromatic carbocycles. The van der Waals surface area contributed by atoms with E-state index in [9.17, 15) is 4.79 Å². The van der Waals surface area contributed by atoms with Gasteiger partial charge >= 0.3 is 0 Å². The quantitative estimate of drug-likeness (QED) is 0.787. The molecule has 0 radical (unpaired) electrons. The van der Waals surface area contributed by atoms with Crippen LogP contribution in [-0.4, -0.2) is 39.9 Å². The Morgan fingerprint density at radius 1 is 1.23 bits per heavy atom. The molecule has 3 aromatic rings. The van der Waals surface area contributed by atoms with Gasteiger partial charge in [0.05, 0.1) is 17.6 Å². The van der Waals surface area contributed by atoms with E-state index in [0.29, 0.717) is 18.2 Å². The van der Waals surface area contributed by atoms with E-state index < -0.39 is 0 Å². The summed E-state index contributed by atoms with van der Waals surface area (Å²) in [6.07, 6.45) is 7.74. The fourth-order valence-corrected chi connectivity index (χ4v) is 3.64. The fraction of sp³-hybridized carbons (Fsp3) is 0.350. The summed E-state index contributed by atoms with van der Waals surface area (Å²) >= 11 is 0. The molecule has 1 amide bonds. The molecule has 4 rings (SSSR count). The summed E-state index contributed by atoms with van der Waals surface area (Å²) in [6, 6.07) is 9.83. The van der Waals surface area contributed by atoms with E-state index in [4.69, 9.17) is 0 Å². The maximum Gasteiger partial charge on any atom is 0.270 e. The Balaban J connectivity index is 1.35. The summed E-state index contributed by atoms with van der Waals surface area (Å²) in [5.74, 6) is 0.460. The molecule has 1 saturated heterocycles. The van der Waals surface area contributed by atoms with Crippen LogP contribution in [0.1, 0.15) is 29.0 Å². The van der Waals surface area contributed by atoms with Crippen LogP contribution in [-0.2, 0) is 0 Å². The first-order valence-electron chi connectivity index (χ1n) is 9.09. The molecule has 134 valence electrons. The zero-order valence-corrected chi connectivity index (χ0v) is 14.9. The minimum Gasteiger partial charge on any atom is -0.370 e. The number of amides is 1. The van der Waals surface area contributed by atoms with Gasteiger partial charge in [0.2, 0.25) is 0 Å². The SMILES string of the molecule is Cc1nc2ccccn2c1C(=O)NCC1CCN(c2cccnc2)CC1. The Bertz CT molecular complexity index is 897. The summed E-state index contributed by atoms with van der Waals surface area (Å²) < 4.78 is 1.86. The van der Waals surface area contributed by atoms with Crippen LogP contribution in [0.5, 0.6) is 0 Å². The predicted octanol–water partition coefficient (Wildman–Crippen LogP) is 2.68. The third kappa shape index (κ3) is 3.27. The monoisotopic (exact) mass is 349 g/mol. The summed E-state index contributed by atoms with van der Waals surface area (Å²) in [5.41, 5.74) is 3.38. The van der Waals surface area contributed by atoms with E-state index in [2.05, 4.69) is 26.3 Å². The van der Waals surface area contributed by atoms with E-state index >= 15 is 0 Å². The first-order valence-corrected chi connectivity index (χ1v) is 9.09. The molecule has 1 aliphatic rings. The van der Waals surface area contributed by atoms with Crippen molar-refractivity contribution >= 4 is 17.2 Å². The first-order chi connectivity index (χ1) is 12.7. The lowest BCUT2D eigenvalue weighted by molar-refractivity contribution is 0.0938. The number of rotatable bonds is 4. The van der Waals surface area contributed by atoms with Gasteiger partial charge in [0.15, 0.2) is 0 Å². The van der Waals surface area contributed by atoms with Gasteiger partial charge < -0.3 is 10.2 Å². The zero-order valence-electron chi connectivity index (χ0n) is 14.9. The molecule has 0 bridgehead atoms. The first kappa shape index (κ1) is 16.6. The van der Waals surface area contributed by atoms with Gasteiger partial charge in [0.1, 0.15) is 11.3 Å². The van der Waals surface area contributed by atoms with Crippen molar-refractivity contribution in [2.45, 2.75) is 19.8 Å². The lowest BCUT2D eigenvalue weighted by Gasteiger charge is -2.33. The molecule has 26 heavy (non-hydrogen) atoms. The molecule has 3 aromatic heterocycles. The Morgan fingerprint density at radius 3 is 2.85 bits per heavy atom. The van der Waals surface area contributed by atoms with Crippen molar-refractivity contribution in [3.8, 4) is 0 Å². The van der Waals surface area contributed by atoms with E-state index in [1.165, 1.54) is 5.69 Å². The third-order valence-electron chi connectivity index (χ3n) is 5.10. The Kier molecular flexibility index (Phi) is 4.56. The number of nitrogens with zero attached hydrogens (tertiary/aromatic N) is 4. The van der Waals surface area contributed by atoms with Gasteiger partial charge in [-0.05, 0) is 49.9 Å². The molecule has 0 aliphatic carbocycles. The Labute approximate surface area is 152 Å². The van der Waals surface area contributed by atoms with E-state index in [1.54, 1.807) is 6.20 Å². The molecule has 1 fully saturated rings. The second kappa shape index (κ2) is 7.15. The highest BCUT2D eigenvalue weighted by Gasteiger charge is 2.22. The average molecular weight is 349 g/mol. The largest absolute Gasteiger partial charge is 0.370 e. The molecule has 0 unspecified atom stereocenters. The number of hydrogen-bond donors (Lipinski definition) is 1. The number of aryl methyl sites for hydroxylation is 1. The number of imidazole rings is 1. The van der Waals surface area contributed by atoms with Crippen molar-refractivity contribution in [2.24, 2.45) is 5.92 Å². The smallest absolute Gasteiger partial charge is 0.270 e. The van der Waals surface area contributed by atoms with E-state index in [1.807, 2.05) is 48.0 Å². The van der Waals surface area contributed by atoms with Crippen LogP contribution >= 0.6 is 0 Å². The number of fused-ring (bicyclic) bond motifs is 1. The normalized spacial score (nSPS) is 15.3. The lowest BCUT2D eigenvalue weighted by atomic mass is 9.96. The molecule has 1 aliphatic heterocycles. The molecular weight excluding hydrogens is 326 g/mol. The lowest BCUT2D eigenvalue weighted by Crippen LogP contribution is -2.39. The number of carbonyl (C=O) groups excluding carboxylic acids is 1. The summed E-state index contributed by atoms with van der Waals surface area (Å²) in [7, 11) is 0. The standard InChI is InChI=1S/C20H23N5O/c1-15-19(25-10-3-2-6-18(25)23-15)20(26)22-13-16-7-11-24(12-8-16)17-5-4-9-21-14-17/h2-6,9-10,14,16H,7-8,11-13H2,1H3,(H,22,26). The van der Waals surface area contributed by atoms with Gasteiger partial charge in [-0.25, -0.2) is 4.98 Å². The van der Waals surface area contributed by atoms with Crippen LogP contribution in [0.3, 0.4) is 0 Å². The predicted molar refractivity (Wildman–Crippen MR) is 101 cm³/mol. The highest BCUT2D eigenvalue weighted by atomic mass is 16.1. The highest BCUT2D eigenvalue weighted by molar-refractivity contribution is 5.94. The van der Waals surface area contributed by atoms with Crippen molar-refractivity contribution in [3.63, 3.8) is 0 Å². The summed E-state index contributed by atoms with van der Waals surface area (Å²) in [6.45, 7) is 4.59. The van der Waals surface area contributed by atoms with Crippen LogP contribution < -0.4 is 10.2 Å². The molecule has 0 spiro atoms. The minimum atomic E-state index is -0.0455. The van der Waals surface area contributed by atoms with Crippen molar-refractivity contribution < 1.29 is 4.79 Å². The molecule has 4 heterocycles. The molecule has 6 nitrogen and oxygen atoms in total. The van der Waals surface area contributed by atoms with Gasteiger partial charge in [0, 0.05) is 32.0 Å². The van der Waals surface area contributed by atoms with Crippen LogP contribution in [0.2, 0.25) is 0 Å². The molecule has 1 N–H and O–H groups in total. The summed E-state index contributed by atoms with van der Waals surface area (Å²) in [5, 5.41) is 3.11. The number of piperidine rings is 1. The maximum absolute atomic E-state index is 12.7. The zero-order chi connectivity index (χ0) is 17.9. The average Bonchev–Trinajstić information content (AvgIpc) is 3.03. The van der Waals surface area contributed by atoms with Crippen molar-refractivity contribution in [3.05, 3.63) is 60.3 Å². The second-order valence-corrected chi connectivity index (χ2v) is 6.83. The van der Waals surface area contributed by atoms with Crippen LogP contribution in [0.4, 0.5) is 5.69 Å². The van der Waals surface area contributed by atoms with Gasteiger partial charge in [-0.15, -0.1) is 0 Å². The molecular formula is C20H23N5O. The fourth-order valence-electron chi connectivity index (χ4n) is 3.64. The second-order valence-electron chi connectivity index (χ2n) is 6.83.